The van der Waals surface area contributed by atoms with E-state index in [1.807, 2.05) is 30.3 Å². The molecule has 0 saturated heterocycles. The summed E-state index contributed by atoms with van der Waals surface area (Å²) in [6, 6.07) is 15.7. The Morgan fingerprint density at radius 3 is 2.17 bits per heavy atom. The lowest BCUT2D eigenvalue weighted by Gasteiger charge is -2.58. The summed E-state index contributed by atoms with van der Waals surface area (Å²) in [4.78, 5) is 0. The van der Waals surface area contributed by atoms with Crippen molar-refractivity contribution < 1.29 is 10.2 Å². The Hall–Kier alpha value is -2.22. The molecule has 2 heteroatoms. The molecule has 4 bridgehead atoms. The van der Waals surface area contributed by atoms with Crippen molar-refractivity contribution in [3.05, 3.63) is 71.3 Å². The molecular weight excluding hydrogens is 296 g/mol. The zero-order chi connectivity index (χ0) is 16.4. The lowest BCUT2D eigenvalue weighted by Crippen LogP contribution is -2.51. The summed E-state index contributed by atoms with van der Waals surface area (Å²) in [6.45, 7) is 0. The number of benzene rings is 2. The van der Waals surface area contributed by atoms with E-state index in [0.29, 0.717) is 17.4 Å². The van der Waals surface area contributed by atoms with E-state index >= 15 is 0 Å². The van der Waals surface area contributed by atoms with Gasteiger partial charge in [0.25, 0.3) is 0 Å². The van der Waals surface area contributed by atoms with Crippen molar-refractivity contribution in [2.45, 2.75) is 42.9 Å². The summed E-state index contributed by atoms with van der Waals surface area (Å²) < 4.78 is 0. The van der Waals surface area contributed by atoms with Gasteiger partial charge in [-0.1, -0.05) is 48.0 Å². The second-order valence-electron chi connectivity index (χ2n) is 8.11. The molecule has 4 aliphatic rings. The maximum atomic E-state index is 10.5. The van der Waals surface area contributed by atoms with Gasteiger partial charge in [-0.2, -0.15) is 0 Å². The third-order valence-electron chi connectivity index (χ3n) is 6.50. The molecule has 0 radical (unpaired) electrons. The molecule has 0 heterocycles. The van der Waals surface area contributed by atoms with Crippen LogP contribution in [0.4, 0.5) is 0 Å². The summed E-state index contributed by atoms with van der Waals surface area (Å²) in [5.41, 5.74) is 3.60. The van der Waals surface area contributed by atoms with Crippen LogP contribution in [-0.4, -0.2) is 10.2 Å². The van der Waals surface area contributed by atoms with E-state index in [0.717, 1.165) is 36.8 Å². The molecule has 6 rings (SSSR count). The average molecular weight is 318 g/mol. The predicted octanol–water partition coefficient (Wildman–Crippen LogP) is 4.81. The number of hydrogen-bond donors (Lipinski definition) is 2. The average Bonchev–Trinajstić information content (AvgIpc) is 2.54. The molecule has 122 valence electrons. The maximum absolute atomic E-state index is 10.5. The highest BCUT2D eigenvalue weighted by Gasteiger charge is 2.56. The van der Waals surface area contributed by atoms with Crippen LogP contribution in [0.25, 0.3) is 0 Å². The van der Waals surface area contributed by atoms with Gasteiger partial charge in [-0.05, 0) is 50.2 Å². The lowest BCUT2D eigenvalue weighted by atomic mass is 9.45. The molecule has 0 aromatic heterocycles. The quantitative estimate of drug-likeness (QED) is 0.780. The van der Waals surface area contributed by atoms with Crippen LogP contribution in [0.1, 0.15) is 43.2 Å². The Morgan fingerprint density at radius 2 is 1.50 bits per heavy atom. The highest BCUT2D eigenvalue weighted by Crippen LogP contribution is 2.65. The number of aromatic hydroxyl groups is 2. The molecule has 4 aliphatic carbocycles. The topological polar surface area (TPSA) is 40.5 Å². The molecule has 0 amide bonds. The Morgan fingerprint density at radius 1 is 0.833 bits per heavy atom. The number of phenolic OH excluding ortho intramolecular Hbond substituents is 2. The Bertz CT molecular complexity index is 853. The van der Waals surface area contributed by atoms with E-state index in [4.69, 9.17) is 0 Å². The zero-order valence-corrected chi connectivity index (χ0v) is 13.7. The van der Waals surface area contributed by atoms with Crippen LogP contribution in [0.5, 0.6) is 11.5 Å². The van der Waals surface area contributed by atoms with Gasteiger partial charge in [0.2, 0.25) is 0 Å². The van der Waals surface area contributed by atoms with Gasteiger partial charge in [0, 0.05) is 22.0 Å². The smallest absolute Gasteiger partial charge is 0.119 e. The van der Waals surface area contributed by atoms with E-state index in [-0.39, 0.29) is 10.8 Å². The summed E-state index contributed by atoms with van der Waals surface area (Å²) in [5.74, 6) is 1.47. The largest absolute Gasteiger partial charge is 0.508 e. The van der Waals surface area contributed by atoms with Crippen LogP contribution in [0.2, 0.25) is 0 Å². The highest BCUT2D eigenvalue weighted by atomic mass is 16.3. The van der Waals surface area contributed by atoms with Crippen molar-refractivity contribution in [2.24, 2.45) is 5.92 Å². The van der Waals surface area contributed by atoms with Gasteiger partial charge in [-0.15, -0.1) is 0 Å². The molecule has 2 nitrogen and oxygen atoms in total. The fourth-order valence-electron chi connectivity index (χ4n) is 6.06. The molecule has 3 unspecified atom stereocenters. The first-order chi connectivity index (χ1) is 11.6. The van der Waals surface area contributed by atoms with Gasteiger partial charge in [0.15, 0.2) is 0 Å². The minimum atomic E-state index is -0.0810. The SMILES string of the molecule is Oc1ccccc1C12C=C3CC(C1)CC(c1ccccc1O)(C3)C2. The van der Waals surface area contributed by atoms with Crippen molar-refractivity contribution in [2.75, 3.05) is 0 Å². The van der Waals surface area contributed by atoms with Gasteiger partial charge >= 0.3 is 0 Å². The number of hydrogen-bond acceptors (Lipinski definition) is 2. The van der Waals surface area contributed by atoms with E-state index < -0.39 is 0 Å². The summed E-state index contributed by atoms with van der Waals surface area (Å²) in [5, 5.41) is 21.0. The van der Waals surface area contributed by atoms with Crippen LogP contribution < -0.4 is 0 Å². The van der Waals surface area contributed by atoms with Crippen molar-refractivity contribution in [1.82, 2.24) is 0 Å². The van der Waals surface area contributed by atoms with Crippen LogP contribution >= 0.6 is 0 Å². The normalized spacial score (nSPS) is 33.5. The van der Waals surface area contributed by atoms with Crippen molar-refractivity contribution in [3.63, 3.8) is 0 Å². The Kier molecular flexibility index (Phi) is 2.75. The summed E-state index contributed by atoms with van der Waals surface area (Å²) in [7, 11) is 0. The molecule has 2 saturated carbocycles. The molecule has 3 atom stereocenters. The zero-order valence-electron chi connectivity index (χ0n) is 13.7. The van der Waals surface area contributed by atoms with E-state index in [1.54, 1.807) is 6.07 Å². The Balaban J connectivity index is 1.70. The number of para-hydroxylation sites is 2. The van der Waals surface area contributed by atoms with Gasteiger partial charge in [0.05, 0.1) is 0 Å². The third kappa shape index (κ3) is 1.83. The summed E-state index contributed by atoms with van der Waals surface area (Å²) in [6.07, 6.45) is 7.92. The van der Waals surface area contributed by atoms with Crippen LogP contribution in [0.3, 0.4) is 0 Å². The molecule has 2 fully saturated rings. The molecule has 2 aromatic rings. The monoisotopic (exact) mass is 318 g/mol. The van der Waals surface area contributed by atoms with Gasteiger partial charge in [0.1, 0.15) is 11.5 Å². The van der Waals surface area contributed by atoms with Gasteiger partial charge in [-0.25, -0.2) is 0 Å². The van der Waals surface area contributed by atoms with E-state index in [2.05, 4.69) is 18.2 Å². The maximum Gasteiger partial charge on any atom is 0.119 e. The number of allylic oxidation sites excluding steroid dienone is 2. The number of phenols is 2. The lowest BCUT2D eigenvalue weighted by molar-refractivity contribution is 0.103. The minimum Gasteiger partial charge on any atom is -0.508 e. The van der Waals surface area contributed by atoms with Crippen molar-refractivity contribution >= 4 is 0 Å². The fraction of sp³-hybridized carbons (Fsp3) is 0.364. The molecule has 2 aromatic carbocycles. The molecule has 0 aliphatic heterocycles. The van der Waals surface area contributed by atoms with Crippen molar-refractivity contribution in [1.29, 1.82) is 0 Å². The molecule has 2 N–H and O–H groups in total. The van der Waals surface area contributed by atoms with Gasteiger partial charge < -0.3 is 10.2 Å². The second-order valence-corrected chi connectivity index (χ2v) is 8.11. The van der Waals surface area contributed by atoms with Gasteiger partial charge in [-0.3, -0.25) is 0 Å². The van der Waals surface area contributed by atoms with Crippen LogP contribution in [0.15, 0.2) is 60.2 Å². The summed E-state index contributed by atoms with van der Waals surface area (Å²) >= 11 is 0. The third-order valence-corrected chi connectivity index (χ3v) is 6.50. The minimum absolute atomic E-state index is 0.0128. The number of rotatable bonds is 2. The van der Waals surface area contributed by atoms with E-state index in [1.165, 1.54) is 12.0 Å². The van der Waals surface area contributed by atoms with Crippen molar-refractivity contribution in [3.8, 4) is 11.5 Å². The molecular formula is C22H22O2. The standard InChI is InChI=1S/C22H22O2/c23-19-7-3-1-5-17(19)21-10-15-9-16(11-21)13-22(12-15,14-21)18-6-2-4-8-20(18)24/h1-8,10,16,23-24H,9,11-14H2. The Labute approximate surface area is 142 Å². The fourth-order valence-corrected chi connectivity index (χ4v) is 6.06. The first-order valence-electron chi connectivity index (χ1n) is 8.88. The van der Waals surface area contributed by atoms with Crippen LogP contribution in [-0.2, 0) is 10.8 Å². The molecule has 0 spiro atoms. The highest BCUT2D eigenvalue weighted by molar-refractivity contribution is 5.51. The molecule has 24 heavy (non-hydrogen) atoms. The first-order valence-corrected chi connectivity index (χ1v) is 8.88. The predicted molar refractivity (Wildman–Crippen MR) is 94.2 cm³/mol. The van der Waals surface area contributed by atoms with E-state index in [9.17, 15) is 10.2 Å². The second kappa shape index (κ2) is 4.66. The van der Waals surface area contributed by atoms with Crippen LogP contribution in [0, 0.1) is 5.92 Å². The first kappa shape index (κ1) is 14.2.